The van der Waals surface area contributed by atoms with Crippen LogP contribution in [0, 0.1) is 17.8 Å². The maximum atomic E-state index is 5.30. The van der Waals surface area contributed by atoms with Gasteiger partial charge in [0.1, 0.15) is 13.2 Å². The van der Waals surface area contributed by atoms with Crippen LogP contribution in [0.15, 0.2) is 77.8 Å². The van der Waals surface area contributed by atoms with Gasteiger partial charge in [-0.25, -0.2) is 0 Å². The van der Waals surface area contributed by atoms with Gasteiger partial charge in [-0.05, 0) is 71.4 Å². The lowest BCUT2D eigenvalue weighted by Gasteiger charge is -2.17. The van der Waals surface area contributed by atoms with E-state index in [1.54, 1.807) is 11.1 Å². The smallest absolute Gasteiger partial charge is 0.161 e. The van der Waals surface area contributed by atoms with Crippen LogP contribution >= 0.6 is 0 Å². The highest BCUT2D eigenvalue weighted by molar-refractivity contribution is 5.84. The molecule has 0 N–H and O–H groups in total. The van der Waals surface area contributed by atoms with E-state index >= 15 is 0 Å². The van der Waals surface area contributed by atoms with Gasteiger partial charge < -0.3 is 9.47 Å². The molecule has 0 amide bonds. The number of hydrogen-bond donors (Lipinski definition) is 0. The highest BCUT2D eigenvalue weighted by atomic mass is 16.6. The summed E-state index contributed by atoms with van der Waals surface area (Å²) in [5, 5.41) is 0. The molecule has 2 heterocycles. The number of aryl methyl sites for hydroxylation is 2. The van der Waals surface area contributed by atoms with E-state index in [2.05, 4.69) is 104 Å². The second-order valence-electron chi connectivity index (χ2n) is 12.1. The Balaban J connectivity index is 0.000000252. The number of benzene rings is 3. The normalized spacial score (nSPS) is 13.0. The van der Waals surface area contributed by atoms with Gasteiger partial charge >= 0.3 is 0 Å². The van der Waals surface area contributed by atoms with Crippen molar-refractivity contribution >= 4 is 6.21 Å². The van der Waals surface area contributed by atoms with Crippen LogP contribution in [0.1, 0.15) is 91.0 Å². The van der Waals surface area contributed by atoms with E-state index < -0.39 is 0 Å². The van der Waals surface area contributed by atoms with Crippen LogP contribution in [0.4, 0.5) is 0 Å². The first-order chi connectivity index (χ1) is 19.1. The minimum atomic E-state index is 0.664. The number of para-hydroxylation sites is 2. The van der Waals surface area contributed by atoms with Crippen molar-refractivity contribution in [3.63, 3.8) is 0 Å². The first-order valence-electron chi connectivity index (χ1n) is 15.1. The fourth-order valence-corrected chi connectivity index (χ4v) is 3.55. The monoisotopic (exact) mass is 545 g/mol. The van der Waals surface area contributed by atoms with Crippen molar-refractivity contribution in [1.82, 2.24) is 0 Å². The summed E-state index contributed by atoms with van der Waals surface area (Å²) in [6.07, 6.45) is 5.89. The quantitative estimate of drug-likeness (QED) is 0.281. The molecule has 0 atom stereocenters. The maximum Gasteiger partial charge on any atom is 0.161 e. The summed E-state index contributed by atoms with van der Waals surface area (Å²) in [5.41, 5.74) is 5.75. The molecule has 3 aromatic rings. The van der Waals surface area contributed by atoms with Crippen LogP contribution < -0.4 is 9.47 Å². The van der Waals surface area contributed by atoms with Gasteiger partial charge in [0.2, 0.25) is 0 Å². The van der Waals surface area contributed by atoms with Crippen molar-refractivity contribution in [1.29, 1.82) is 0 Å². The number of fused-ring (bicyclic) bond motifs is 3. The Morgan fingerprint density at radius 2 is 0.900 bits per heavy atom. The molecule has 0 unspecified atom stereocenters. The minimum Gasteiger partial charge on any atom is -0.486 e. The average Bonchev–Trinajstić information content (AvgIpc) is 3.58. The molecular weight excluding hydrogens is 490 g/mol. The molecular formula is C37H55NO2. The van der Waals surface area contributed by atoms with Gasteiger partial charge in [0.05, 0.1) is 6.54 Å². The lowest BCUT2D eigenvalue weighted by atomic mass is 10.1. The zero-order valence-corrected chi connectivity index (χ0v) is 26.7. The number of aliphatic imine (C=N–C) groups is 1. The molecule has 0 aromatic heterocycles. The van der Waals surface area contributed by atoms with Crippen LogP contribution in [0.5, 0.6) is 11.5 Å². The zero-order chi connectivity index (χ0) is 29.8. The molecule has 0 spiro atoms. The van der Waals surface area contributed by atoms with Crippen molar-refractivity contribution in [3.05, 3.63) is 95.1 Å². The summed E-state index contributed by atoms with van der Waals surface area (Å²) >= 11 is 0. The predicted octanol–water partition coefficient (Wildman–Crippen LogP) is 10.2. The maximum absolute atomic E-state index is 5.30. The molecule has 3 heteroatoms. The van der Waals surface area contributed by atoms with E-state index in [-0.39, 0.29) is 0 Å². The number of rotatable bonds is 0. The Labute approximate surface area is 246 Å². The summed E-state index contributed by atoms with van der Waals surface area (Å²) in [5.74, 6) is 4.21. The Kier molecular flexibility index (Phi) is 18.2. The van der Waals surface area contributed by atoms with Gasteiger partial charge in [0, 0.05) is 6.21 Å². The van der Waals surface area contributed by atoms with E-state index in [1.807, 2.05) is 42.6 Å². The first kappa shape index (κ1) is 35.0. The molecule has 0 fully saturated rings. The van der Waals surface area contributed by atoms with E-state index in [0.29, 0.717) is 13.2 Å². The van der Waals surface area contributed by atoms with E-state index in [9.17, 15) is 0 Å². The molecule has 0 bridgehead atoms. The summed E-state index contributed by atoms with van der Waals surface area (Å²) in [7, 11) is 0. The standard InChI is InChI=1S/C9H10.C8H7N.C8H8O2.3C4H10/c1-2-5-9-7-3-6-8(9)4-1;1-2-4-8-6-9-5-7(8)3-1;1-2-4-8-7(3-1)9-5-6-10-8;3*1-4(2)3/h1-2,4-5H,3,6-7H2;1-5H,6H2;1-4H,5-6H2;3*4H,1-3H3. The zero-order valence-electron chi connectivity index (χ0n) is 26.7. The first-order valence-corrected chi connectivity index (χ1v) is 15.1. The summed E-state index contributed by atoms with van der Waals surface area (Å²) < 4.78 is 10.6. The Morgan fingerprint density at radius 3 is 1.32 bits per heavy atom. The highest BCUT2D eigenvalue weighted by Crippen LogP contribution is 2.28. The molecule has 0 saturated carbocycles. The van der Waals surface area contributed by atoms with Crippen LogP contribution in [0.3, 0.4) is 0 Å². The molecule has 3 aliphatic rings. The van der Waals surface area contributed by atoms with Gasteiger partial charge in [0.15, 0.2) is 11.5 Å². The van der Waals surface area contributed by atoms with E-state index in [4.69, 9.17) is 9.47 Å². The molecule has 1 aliphatic carbocycles. The van der Waals surface area contributed by atoms with Gasteiger partial charge in [-0.1, -0.05) is 123 Å². The van der Waals surface area contributed by atoms with Gasteiger partial charge in [-0.15, -0.1) is 0 Å². The van der Waals surface area contributed by atoms with Crippen molar-refractivity contribution in [2.75, 3.05) is 13.2 Å². The summed E-state index contributed by atoms with van der Waals surface area (Å²) in [6.45, 7) is 21.7. The van der Waals surface area contributed by atoms with Gasteiger partial charge in [-0.2, -0.15) is 0 Å². The molecule has 3 aromatic carbocycles. The van der Waals surface area contributed by atoms with Crippen LogP contribution in [-0.2, 0) is 19.4 Å². The molecule has 3 nitrogen and oxygen atoms in total. The van der Waals surface area contributed by atoms with Crippen LogP contribution in [0.25, 0.3) is 0 Å². The van der Waals surface area contributed by atoms with Crippen molar-refractivity contribution < 1.29 is 9.47 Å². The van der Waals surface area contributed by atoms with Gasteiger partial charge in [-0.3, -0.25) is 4.99 Å². The third-order valence-corrected chi connectivity index (χ3v) is 5.01. The topological polar surface area (TPSA) is 30.8 Å². The highest BCUT2D eigenvalue weighted by Gasteiger charge is 2.08. The van der Waals surface area contributed by atoms with Gasteiger partial charge in [0.25, 0.3) is 0 Å². The molecule has 40 heavy (non-hydrogen) atoms. The lowest BCUT2D eigenvalue weighted by molar-refractivity contribution is 0.171. The van der Waals surface area contributed by atoms with E-state index in [0.717, 1.165) is 35.8 Å². The lowest BCUT2D eigenvalue weighted by Crippen LogP contribution is -2.14. The third kappa shape index (κ3) is 16.8. The second-order valence-corrected chi connectivity index (χ2v) is 12.1. The van der Waals surface area contributed by atoms with E-state index in [1.165, 1.54) is 30.4 Å². The number of nitrogens with zero attached hydrogens (tertiary/aromatic N) is 1. The molecule has 6 rings (SSSR count). The van der Waals surface area contributed by atoms with Crippen molar-refractivity contribution in [2.45, 2.75) is 88.1 Å². The molecule has 2 aliphatic heterocycles. The largest absolute Gasteiger partial charge is 0.486 e. The predicted molar refractivity (Wildman–Crippen MR) is 175 cm³/mol. The summed E-state index contributed by atoms with van der Waals surface area (Å²) in [4.78, 5) is 4.13. The fourth-order valence-electron chi connectivity index (χ4n) is 3.55. The van der Waals surface area contributed by atoms with Crippen LogP contribution in [0.2, 0.25) is 0 Å². The molecule has 220 valence electrons. The third-order valence-electron chi connectivity index (χ3n) is 5.01. The molecule has 0 radical (unpaired) electrons. The van der Waals surface area contributed by atoms with Crippen molar-refractivity contribution in [2.24, 2.45) is 22.7 Å². The number of ether oxygens (including phenoxy) is 2. The second kappa shape index (κ2) is 20.8. The fraction of sp³-hybridized carbons (Fsp3) is 0.486. The SMILES string of the molecule is C1=NCc2ccccc21.CC(C)C.CC(C)C.CC(C)C.c1ccc2c(c1)CCC2.c1ccc2c(c1)OCCO2. The molecule has 0 saturated heterocycles. The Hall–Kier alpha value is -3.07. The Morgan fingerprint density at radius 1 is 0.525 bits per heavy atom. The average molecular weight is 546 g/mol. The summed E-state index contributed by atoms with van der Waals surface area (Å²) in [6, 6.07) is 24.7. The van der Waals surface area contributed by atoms with Crippen molar-refractivity contribution in [3.8, 4) is 11.5 Å². The minimum absolute atomic E-state index is 0.664. The number of hydrogen-bond acceptors (Lipinski definition) is 3. The Bertz CT molecular complexity index is 1010. The van der Waals surface area contributed by atoms with Crippen LogP contribution in [-0.4, -0.2) is 19.4 Å².